The van der Waals surface area contributed by atoms with Crippen molar-refractivity contribution in [3.8, 4) is 17.6 Å². The van der Waals surface area contributed by atoms with Gasteiger partial charge in [-0.25, -0.2) is 14.4 Å². The monoisotopic (exact) mass is 565 g/mol. The first-order chi connectivity index (χ1) is 18.6. The molecule has 0 unspecified atom stereocenters. The number of methoxy groups -OCH3 is 1. The van der Waals surface area contributed by atoms with Crippen molar-refractivity contribution in [1.82, 2.24) is 24.6 Å². The van der Waals surface area contributed by atoms with E-state index in [0.717, 1.165) is 0 Å². The molecule has 0 saturated carbocycles. The third kappa shape index (κ3) is 6.85. The number of rotatable bonds is 7. The van der Waals surface area contributed by atoms with Crippen LogP contribution in [0.15, 0.2) is 35.6 Å². The number of carbonyl (C=O) groups is 1. The molecular formula is C25H27F4N7O2S. The molecule has 39 heavy (non-hydrogen) atoms. The predicted octanol–water partition coefficient (Wildman–Crippen LogP) is 3.63. The zero-order chi connectivity index (χ0) is 28.2. The molecule has 0 aromatic carbocycles. The Bertz CT molecular complexity index is 1400. The number of halogens is 4. The average molecular weight is 566 g/mol. The fraction of sp³-hybridized carbons (Fsp3) is 0.400. The van der Waals surface area contributed by atoms with Crippen molar-refractivity contribution in [3.63, 3.8) is 0 Å². The maximum Gasteiger partial charge on any atom is 0.447 e. The van der Waals surface area contributed by atoms with Gasteiger partial charge in [0.05, 0.1) is 37.3 Å². The third-order valence-corrected chi connectivity index (χ3v) is 6.84. The Morgan fingerprint density at radius 3 is 2.82 bits per heavy atom. The summed E-state index contributed by atoms with van der Waals surface area (Å²) in [6.45, 7) is 0.998. The fourth-order valence-electron chi connectivity index (χ4n) is 4.12. The summed E-state index contributed by atoms with van der Waals surface area (Å²) in [5.74, 6) is 5.47. The first kappa shape index (κ1) is 28.3. The highest BCUT2D eigenvalue weighted by molar-refractivity contribution is 8.00. The van der Waals surface area contributed by atoms with Crippen molar-refractivity contribution < 1.29 is 27.1 Å². The summed E-state index contributed by atoms with van der Waals surface area (Å²) in [7, 11) is 4.75. The van der Waals surface area contributed by atoms with Crippen LogP contribution in [0.1, 0.15) is 22.6 Å². The third-order valence-electron chi connectivity index (χ3n) is 6.02. The molecule has 3 aromatic rings. The summed E-state index contributed by atoms with van der Waals surface area (Å²) in [6, 6.07) is 4.21. The topological polar surface area (TPSA) is 95.8 Å². The first-order valence-electron chi connectivity index (χ1n) is 11.9. The van der Waals surface area contributed by atoms with Crippen LogP contribution in [0, 0.1) is 11.8 Å². The van der Waals surface area contributed by atoms with E-state index in [1.165, 1.54) is 37.0 Å². The van der Waals surface area contributed by atoms with E-state index < -0.39 is 17.7 Å². The van der Waals surface area contributed by atoms with E-state index in [9.17, 15) is 22.4 Å². The molecular weight excluding hydrogens is 538 g/mol. The summed E-state index contributed by atoms with van der Waals surface area (Å²) in [6.07, 6.45) is 2.28. The summed E-state index contributed by atoms with van der Waals surface area (Å²) in [4.78, 5) is 22.1. The number of anilines is 2. The molecule has 1 saturated heterocycles. The number of nitrogens with zero attached hydrogens (tertiary/aromatic N) is 4. The standard InChI is InChI=1S/C25H27F4N7O2S/c1-30-23(37)19-12-21(38-3)20(13-32-19)31-9-4-6-18-24(39-25(27,28)29)36-10-5-7-17(22(36)34-18)33-16-8-11-35(2)14-15(16)26/h5,7,10,12-13,15-16,31,33H,8-9,11,14H2,1-3H3,(H,30,37)/t15-,16+/m0/s1. The Morgan fingerprint density at radius 2 is 2.13 bits per heavy atom. The minimum absolute atomic E-state index is 0.0333. The van der Waals surface area contributed by atoms with Gasteiger partial charge in [0.25, 0.3) is 5.91 Å². The quantitative estimate of drug-likeness (QED) is 0.227. The lowest BCUT2D eigenvalue weighted by Gasteiger charge is -2.33. The van der Waals surface area contributed by atoms with Gasteiger partial charge in [0, 0.05) is 44.2 Å². The number of imidazole rings is 1. The van der Waals surface area contributed by atoms with E-state index in [1.54, 1.807) is 12.1 Å². The summed E-state index contributed by atoms with van der Waals surface area (Å²) >= 11 is -0.313. The second-order valence-corrected chi connectivity index (χ2v) is 9.80. The number of hydrogen-bond acceptors (Lipinski definition) is 8. The number of hydrogen-bond donors (Lipinski definition) is 3. The Kier molecular flexibility index (Phi) is 8.71. The molecule has 0 radical (unpaired) electrons. The van der Waals surface area contributed by atoms with E-state index >= 15 is 0 Å². The Morgan fingerprint density at radius 1 is 1.33 bits per heavy atom. The molecule has 14 heteroatoms. The zero-order valence-corrected chi connectivity index (χ0v) is 22.2. The predicted molar refractivity (Wildman–Crippen MR) is 141 cm³/mol. The molecule has 3 N–H and O–H groups in total. The smallest absolute Gasteiger partial charge is 0.447 e. The lowest BCUT2D eigenvalue weighted by molar-refractivity contribution is -0.0330. The molecule has 4 heterocycles. The van der Waals surface area contributed by atoms with Crippen LogP contribution in [-0.4, -0.2) is 83.7 Å². The number of amides is 1. The number of ether oxygens (including phenoxy) is 1. The Hall–Kier alpha value is -3.70. The van der Waals surface area contributed by atoms with Crippen LogP contribution in [0.2, 0.25) is 0 Å². The summed E-state index contributed by atoms with van der Waals surface area (Å²) in [5, 5.41) is 8.39. The SMILES string of the molecule is CNC(=O)c1cc(OC)c(NCC#Cc2nc3c(N[C@@H]4CCN(C)C[C@@H]4F)cccn3c2SC(F)(F)F)cn1. The van der Waals surface area contributed by atoms with Gasteiger partial charge in [0.1, 0.15) is 28.3 Å². The number of pyridine rings is 2. The highest BCUT2D eigenvalue weighted by Crippen LogP contribution is 2.39. The van der Waals surface area contributed by atoms with Crippen LogP contribution in [0.4, 0.5) is 28.9 Å². The van der Waals surface area contributed by atoms with Crippen molar-refractivity contribution in [3.05, 3.63) is 42.0 Å². The number of likely N-dealkylation sites (tertiary alicyclic amines) is 1. The number of carbonyl (C=O) groups excluding carboxylic acids is 1. The molecule has 4 rings (SSSR count). The minimum atomic E-state index is -4.57. The maximum atomic E-state index is 14.6. The van der Waals surface area contributed by atoms with Gasteiger partial charge in [-0.15, -0.1) is 0 Å². The molecule has 1 aliphatic rings. The van der Waals surface area contributed by atoms with Crippen LogP contribution in [-0.2, 0) is 0 Å². The van der Waals surface area contributed by atoms with Gasteiger partial charge in [0.15, 0.2) is 5.65 Å². The Balaban J connectivity index is 1.59. The zero-order valence-electron chi connectivity index (χ0n) is 21.4. The molecule has 2 atom stereocenters. The molecule has 1 aliphatic heterocycles. The number of aromatic nitrogens is 3. The largest absolute Gasteiger partial charge is 0.494 e. The fourth-order valence-corrected chi connectivity index (χ4v) is 4.78. The van der Waals surface area contributed by atoms with Crippen LogP contribution < -0.4 is 20.7 Å². The van der Waals surface area contributed by atoms with Crippen LogP contribution >= 0.6 is 11.8 Å². The van der Waals surface area contributed by atoms with Crippen molar-refractivity contribution in [2.45, 2.75) is 29.2 Å². The number of alkyl halides is 4. The number of nitrogens with one attached hydrogen (secondary N) is 3. The number of piperidine rings is 1. The highest BCUT2D eigenvalue weighted by Gasteiger charge is 2.33. The number of fused-ring (bicyclic) bond motifs is 1. The van der Waals surface area contributed by atoms with Gasteiger partial charge in [-0.05, 0) is 31.5 Å². The van der Waals surface area contributed by atoms with E-state index in [1.807, 2.05) is 11.9 Å². The highest BCUT2D eigenvalue weighted by atomic mass is 32.2. The van der Waals surface area contributed by atoms with Crippen molar-refractivity contribution in [2.75, 3.05) is 51.5 Å². The van der Waals surface area contributed by atoms with Gasteiger partial charge in [-0.1, -0.05) is 5.92 Å². The van der Waals surface area contributed by atoms with Gasteiger partial charge < -0.3 is 25.6 Å². The van der Waals surface area contributed by atoms with Crippen molar-refractivity contribution in [1.29, 1.82) is 0 Å². The molecule has 208 valence electrons. The van der Waals surface area contributed by atoms with Crippen LogP contribution in [0.5, 0.6) is 5.75 Å². The molecule has 0 bridgehead atoms. The number of thioether (sulfide) groups is 1. The molecule has 3 aromatic heterocycles. The van der Waals surface area contributed by atoms with Crippen molar-refractivity contribution >= 4 is 34.7 Å². The minimum Gasteiger partial charge on any atom is -0.494 e. The second-order valence-electron chi connectivity index (χ2n) is 8.75. The Labute approximate surface area is 226 Å². The second kappa shape index (κ2) is 12.0. The first-order valence-corrected chi connectivity index (χ1v) is 12.8. The molecule has 0 spiro atoms. The van der Waals surface area contributed by atoms with Gasteiger partial charge >= 0.3 is 5.51 Å². The van der Waals surface area contributed by atoms with Crippen LogP contribution in [0.25, 0.3) is 5.65 Å². The van der Waals surface area contributed by atoms with Crippen LogP contribution in [0.3, 0.4) is 0 Å². The van der Waals surface area contributed by atoms with Gasteiger partial charge in [0.2, 0.25) is 0 Å². The molecule has 0 aliphatic carbocycles. The lowest BCUT2D eigenvalue weighted by Crippen LogP contribution is -2.46. The van der Waals surface area contributed by atoms with Gasteiger partial charge in [-0.2, -0.15) is 13.2 Å². The molecule has 9 nitrogen and oxygen atoms in total. The van der Waals surface area contributed by atoms with E-state index in [4.69, 9.17) is 4.74 Å². The summed E-state index contributed by atoms with van der Waals surface area (Å²) < 4.78 is 61.5. The van der Waals surface area contributed by atoms with E-state index in [0.29, 0.717) is 30.1 Å². The van der Waals surface area contributed by atoms with E-state index in [2.05, 4.69) is 37.8 Å². The molecule has 1 amide bonds. The summed E-state index contributed by atoms with van der Waals surface area (Å²) in [5.41, 5.74) is -3.37. The average Bonchev–Trinajstić information content (AvgIpc) is 3.24. The van der Waals surface area contributed by atoms with Crippen molar-refractivity contribution in [2.24, 2.45) is 0 Å². The maximum absolute atomic E-state index is 14.6. The normalized spacial score (nSPS) is 17.8. The van der Waals surface area contributed by atoms with E-state index in [-0.39, 0.29) is 52.8 Å². The lowest BCUT2D eigenvalue weighted by atomic mass is 10.0. The van der Waals surface area contributed by atoms with Gasteiger partial charge in [-0.3, -0.25) is 9.20 Å². The molecule has 1 fully saturated rings.